The first kappa shape index (κ1) is 15.2. The van der Waals surface area contributed by atoms with Crippen LogP contribution in [0, 0.1) is 0 Å². The van der Waals surface area contributed by atoms with E-state index in [0.29, 0.717) is 38.5 Å². The molecule has 0 saturated carbocycles. The van der Waals surface area contributed by atoms with Crippen molar-refractivity contribution in [2.24, 2.45) is 0 Å². The van der Waals surface area contributed by atoms with Crippen LogP contribution in [0.25, 0.3) is 10.9 Å². The maximum atomic E-state index is 12.7. The molecular weight excluding hydrogens is 306 g/mol. The van der Waals surface area contributed by atoms with Crippen LogP contribution in [0.3, 0.4) is 0 Å². The molecule has 2 aliphatic heterocycles. The van der Waals surface area contributed by atoms with Crippen LogP contribution >= 0.6 is 0 Å². The van der Waals surface area contributed by atoms with Crippen LogP contribution in [0.1, 0.15) is 23.3 Å². The third-order valence-corrected chi connectivity index (χ3v) is 4.84. The van der Waals surface area contributed by atoms with Crippen LogP contribution < -0.4 is 0 Å². The van der Waals surface area contributed by atoms with E-state index in [9.17, 15) is 9.59 Å². The summed E-state index contributed by atoms with van der Waals surface area (Å²) < 4.78 is 5.47. The summed E-state index contributed by atoms with van der Waals surface area (Å²) in [5.74, 6) is 0.0700. The number of piperazine rings is 1. The van der Waals surface area contributed by atoms with E-state index in [0.717, 1.165) is 23.7 Å². The average molecular weight is 327 g/mol. The Morgan fingerprint density at radius 2 is 1.83 bits per heavy atom. The summed E-state index contributed by atoms with van der Waals surface area (Å²) in [6.45, 7) is 2.95. The van der Waals surface area contributed by atoms with E-state index in [1.807, 2.05) is 40.1 Å². The number of benzene rings is 1. The highest BCUT2D eigenvalue weighted by molar-refractivity contribution is 5.98. The lowest BCUT2D eigenvalue weighted by atomic mass is 10.2. The Bertz CT molecular complexity index is 723. The van der Waals surface area contributed by atoms with Crippen LogP contribution in [0.4, 0.5) is 0 Å². The number of hydrogen-bond acceptors (Lipinski definition) is 3. The monoisotopic (exact) mass is 327 g/mol. The van der Waals surface area contributed by atoms with Gasteiger partial charge >= 0.3 is 0 Å². The van der Waals surface area contributed by atoms with E-state index in [1.165, 1.54) is 0 Å². The number of aromatic nitrogens is 1. The topological polar surface area (TPSA) is 65.6 Å². The standard InChI is InChI=1S/C18H21N3O3/c22-17(15-12-13-4-1-2-5-14(13)19-15)20-7-9-21(10-8-20)18(23)16-6-3-11-24-16/h1-2,4-5,12,16,19H,3,6-11H2. The normalized spacial score (nSPS) is 21.4. The van der Waals surface area contributed by atoms with Crippen LogP contribution in [0.5, 0.6) is 0 Å². The summed E-state index contributed by atoms with van der Waals surface area (Å²) in [5, 5.41) is 1.04. The highest BCUT2D eigenvalue weighted by atomic mass is 16.5. The van der Waals surface area contributed by atoms with Crippen LogP contribution in [0.2, 0.25) is 0 Å². The lowest BCUT2D eigenvalue weighted by molar-refractivity contribution is -0.142. The van der Waals surface area contributed by atoms with Crippen molar-refractivity contribution in [1.29, 1.82) is 0 Å². The molecule has 1 unspecified atom stereocenters. The van der Waals surface area contributed by atoms with Gasteiger partial charge in [0.25, 0.3) is 11.8 Å². The molecule has 2 aliphatic rings. The molecule has 0 bridgehead atoms. The first-order valence-electron chi connectivity index (χ1n) is 8.50. The van der Waals surface area contributed by atoms with E-state index in [2.05, 4.69) is 4.98 Å². The zero-order chi connectivity index (χ0) is 16.5. The van der Waals surface area contributed by atoms with Crippen molar-refractivity contribution in [3.05, 3.63) is 36.0 Å². The maximum absolute atomic E-state index is 12.7. The average Bonchev–Trinajstić information content (AvgIpc) is 3.30. The van der Waals surface area contributed by atoms with Gasteiger partial charge in [0, 0.05) is 43.7 Å². The molecule has 0 aliphatic carbocycles. The van der Waals surface area contributed by atoms with Crippen molar-refractivity contribution in [2.45, 2.75) is 18.9 Å². The zero-order valence-corrected chi connectivity index (χ0v) is 13.5. The molecule has 24 heavy (non-hydrogen) atoms. The molecule has 2 saturated heterocycles. The van der Waals surface area contributed by atoms with Crippen molar-refractivity contribution in [2.75, 3.05) is 32.8 Å². The van der Waals surface area contributed by atoms with Crippen molar-refractivity contribution in [3.8, 4) is 0 Å². The Labute approximate surface area is 140 Å². The molecule has 2 aromatic rings. The highest BCUT2D eigenvalue weighted by Gasteiger charge is 2.31. The third-order valence-electron chi connectivity index (χ3n) is 4.84. The van der Waals surface area contributed by atoms with Gasteiger partial charge in [-0.2, -0.15) is 0 Å². The second kappa shape index (κ2) is 6.28. The van der Waals surface area contributed by atoms with Gasteiger partial charge in [-0.15, -0.1) is 0 Å². The third kappa shape index (κ3) is 2.78. The fraction of sp³-hybridized carbons (Fsp3) is 0.444. The number of rotatable bonds is 2. The predicted molar refractivity (Wildman–Crippen MR) is 89.8 cm³/mol. The number of nitrogens with one attached hydrogen (secondary N) is 1. The fourth-order valence-electron chi connectivity index (χ4n) is 3.46. The van der Waals surface area contributed by atoms with Gasteiger partial charge in [-0.25, -0.2) is 0 Å². The highest BCUT2D eigenvalue weighted by Crippen LogP contribution is 2.18. The van der Waals surface area contributed by atoms with Crippen molar-refractivity contribution < 1.29 is 14.3 Å². The minimum atomic E-state index is -0.277. The van der Waals surface area contributed by atoms with Crippen LogP contribution in [0.15, 0.2) is 30.3 Å². The summed E-state index contributed by atoms with van der Waals surface area (Å²) in [6.07, 6.45) is 1.49. The number of nitrogens with zero attached hydrogens (tertiary/aromatic N) is 2. The van der Waals surface area contributed by atoms with E-state index in [-0.39, 0.29) is 17.9 Å². The molecule has 2 fully saturated rings. The van der Waals surface area contributed by atoms with Gasteiger partial charge in [0.05, 0.1) is 0 Å². The molecule has 4 rings (SSSR count). The molecular formula is C18H21N3O3. The lowest BCUT2D eigenvalue weighted by Gasteiger charge is -2.35. The smallest absolute Gasteiger partial charge is 0.270 e. The quantitative estimate of drug-likeness (QED) is 0.912. The maximum Gasteiger partial charge on any atom is 0.270 e. The molecule has 2 amide bonds. The second-order valence-electron chi connectivity index (χ2n) is 6.39. The minimum absolute atomic E-state index is 0.00425. The molecule has 1 aromatic carbocycles. The molecule has 126 valence electrons. The Morgan fingerprint density at radius 3 is 2.54 bits per heavy atom. The van der Waals surface area contributed by atoms with Gasteiger partial charge in [0.15, 0.2) is 0 Å². The number of carbonyl (C=O) groups is 2. The number of amides is 2. The molecule has 0 spiro atoms. The van der Waals surface area contributed by atoms with E-state index in [1.54, 1.807) is 0 Å². The molecule has 1 N–H and O–H groups in total. The number of H-pyrrole nitrogens is 1. The first-order chi connectivity index (χ1) is 11.7. The van der Waals surface area contributed by atoms with Gasteiger partial charge in [0.1, 0.15) is 11.8 Å². The Morgan fingerprint density at radius 1 is 1.08 bits per heavy atom. The van der Waals surface area contributed by atoms with Crippen molar-refractivity contribution in [1.82, 2.24) is 14.8 Å². The van der Waals surface area contributed by atoms with E-state index >= 15 is 0 Å². The van der Waals surface area contributed by atoms with E-state index < -0.39 is 0 Å². The summed E-state index contributed by atoms with van der Waals surface area (Å²) in [6, 6.07) is 9.75. The fourth-order valence-corrected chi connectivity index (χ4v) is 3.46. The number of ether oxygens (including phenoxy) is 1. The van der Waals surface area contributed by atoms with Crippen LogP contribution in [-0.2, 0) is 9.53 Å². The zero-order valence-electron chi connectivity index (χ0n) is 13.5. The van der Waals surface area contributed by atoms with Crippen molar-refractivity contribution in [3.63, 3.8) is 0 Å². The molecule has 0 radical (unpaired) electrons. The molecule has 3 heterocycles. The summed E-state index contributed by atoms with van der Waals surface area (Å²) in [4.78, 5) is 31.8. The number of hydrogen-bond donors (Lipinski definition) is 1. The summed E-state index contributed by atoms with van der Waals surface area (Å²) >= 11 is 0. The van der Waals surface area contributed by atoms with Gasteiger partial charge in [-0.3, -0.25) is 9.59 Å². The second-order valence-corrected chi connectivity index (χ2v) is 6.39. The number of fused-ring (bicyclic) bond motifs is 1. The lowest BCUT2D eigenvalue weighted by Crippen LogP contribution is -2.52. The predicted octanol–water partition coefficient (Wildman–Crippen LogP) is 1.63. The largest absolute Gasteiger partial charge is 0.368 e. The Kier molecular flexibility index (Phi) is 3.98. The minimum Gasteiger partial charge on any atom is -0.368 e. The molecule has 1 aromatic heterocycles. The van der Waals surface area contributed by atoms with Gasteiger partial charge in [0.2, 0.25) is 0 Å². The Hall–Kier alpha value is -2.34. The van der Waals surface area contributed by atoms with Gasteiger partial charge < -0.3 is 19.5 Å². The molecule has 1 atom stereocenters. The van der Waals surface area contributed by atoms with Gasteiger partial charge in [-0.05, 0) is 25.0 Å². The SMILES string of the molecule is O=C(c1cc2ccccc2[nH]1)N1CCN(C(=O)C2CCCO2)CC1. The van der Waals surface area contributed by atoms with Crippen LogP contribution in [-0.4, -0.2) is 65.5 Å². The number of para-hydroxylation sites is 1. The molecule has 6 heteroatoms. The van der Waals surface area contributed by atoms with E-state index in [4.69, 9.17) is 4.74 Å². The number of carbonyl (C=O) groups excluding carboxylic acids is 2. The molecule has 6 nitrogen and oxygen atoms in total. The number of aromatic amines is 1. The van der Waals surface area contributed by atoms with Crippen molar-refractivity contribution >= 4 is 22.7 Å². The van der Waals surface area contributed by atoms with Gasteiger partial charge in [-0.1, -0.05) is 18.2 Å². The Balaban J connectivity index is 1.39. The first-order valence-corrected chi connectivity index (χ1v) is 8.50. The summed E-state index contributed by atoms with van der Waals surface area (Å²) in [5.41, 5.74) is 1.57. The summed E-state index contributed by atoms with van der Waals surface area (Å²) in [7, 11) is 0.